The fourth-order valence-corrected chi connectivity index (χ4v) is 2.63. The van der Waals surface area contributed by atoms with Gasteiger partial charge in [0, 0.05) is 24.7 Å². The molecule has 0 aromatic carbocycles. The number of hydrogen-bond acceptors (Lipinski definition) is 5. The fourth-order valence-electron chi connectivity index (χ4n) is 1.72. The molecule has 2 rings (SSSR count). The molecule has 0 atom stereocenters. The molecule has 106 valence electrons. The predicted molar refractivity (Wildman–Crippen MR) is 82.0 cm³/mol. The summed E-state index contributed by atoms with van der Waals surface area (Å²) in [6.45, 7) is 0.647. The van der Waals surface area contributed by atoms with Gasteiger partial charge in [-0.3, -0.25) is 4.79 Å². The Hall–Kier alpha value is -1.63. The van der Waals surface area contributed by atoms with Gasteiger partial charge < -0.3 is 10.3 Å². The van der Waals surface area contributed by atoms with Crippen LogP contribution in [0.25, 0.3) is 0 Å². The van der Waals surface area contributed by atoms with Gasteiger partial charge in [0.05, 0.1) is 10.6 Å². The second kappa shape index (κ2) is 6.69. The maximum Gasteiger partial charge on any atom is 0.255 e. The lowest BCUT2D eigenvalue weighted by molar-refractivity contribution is 0.0796. The molecule has 3 N–H and O–H groups in total. The van der Waals surface area contributed by atoms with Crippen molar-refractivity contribution in [2.24, 2.45) is 5.84 Å². The van der Waals surface area contributed by atoms with Crippen molar-refractivity contribution in [1.29, 1.82) is 0 Å². The van der Waals surface area contributed by atoms with Gasteiger partial charge in [-0.1, -0.05) is 17.7 Å². The summed E-state index contributed by atoms with van der Waals surface area (Å²) in [6, 6.07) is 5.63. The minimum absolute atomic E-state index is 0.112. The Morgan fingerprint density at radius 3 is 3.00 bits per heavy atom. The molecule has 2 aromatic heterocycles. The van der Waals surface area contributed by atoms with Crippen molar-refractivity contribution in [3.05, 3.63) is 45.2 Å². The lowest BCUT2D eigenvalue weighted by Crippen LogP contribution is -2.28. The van der Waals surface area contributed by atoms with Crippen LogP contribution in [0.3, 0.4) is 0 Å². The number of aromatic nitrogens is 1. The maximum atomic E-state index is 12.2. The molecule has 0 bridgehead atoms. The standard InChI is InChI=1S/C13H15ClN4OS/c1-18(5-4-10-3-2-6-20-10)13(19)9-7-11(14)12(17-15)16-8-9/h2-3,6-8H,4-5,15H2,1H3,(H,16,17). The third-order valence-electron chi connectivity index (χ3n) is 2.85. The van der Waals surface area contributed by atoms with Gasteiger partial charge >= 0.3 is 0 Å². The minimum atomic E-state index is -0.112. The molecule has 2 aromatic rings. The number of likely N-dealkylation sites (N-methyl/N-ethyl adjacent to an activating group) is 1. The van der Waals surface area contributed by atoms with Crippen molar-refractivity contribution >= 4 is 34.7 Å². The van der Waals surface area contributed by atoms with Crippen molar-refractivity contribution in [2.75, 3.05) is 19.0 Å². The number of hydrazine groups is 1. The van der Waals surface area contributed by atoms with Crippen LogP contribution >= 0.6 is 22.9 Å². The van der Waals surface area contributed by atoms with E-state index in [2.05, 4.69) is 16.5 Å². The zero-order valence-electron chi connectivity index (χ0n) is 11.0. The summed E-state index contributed by atoms with van der Waals surface area (Å²) in [5, 5.41) is 2.35. The van der Waals surface area contributed by atoms with E-state index < -0.39 is 0 Å². The van der Waals surface area contributed by atoms with E-state index in [0.29, 0.717) is 22.9 Å². The molecule has 0 aliphatic carbocycles. The van der Waals surface area contributed by atoms with Crippen molar-refractivity contribution in [1.82, 2.24) is 9.88 Å². The van der Waals surface area contributed by atoms with Crippen LogP contribution in [0.15, 0.2) is 29.8 Å². The lowest BCUT2D eigenvalue weighted by atomic mass is 10.2. The van der Waals surface area contributed by atoms with E-state index >= 15 is 0 Å². The number of nitrogens with one attached hydrogen (secondary N) is 1. The molecule has 0 unspecified atom stereocenters. The number of nitrogens with zero attached hydrogens (tertiary/aromatic N) is 2. The SMILES string of the molecule is CN(CCc1cccs1)C(=O)c1cnc(NN)c(Cl)c1. The molecule has 0 aliphatic rings. The zero-order valence-corrected chi connectivity index (χ0v) is 12.5. The molecular formula is C13H15ClN4OS. The van der Waals surface area contributed by atoms with Crippen molar-refractivity contribution in [2.45, 2.75) is 6.42 Å². The van der Waals surface area contributed by atoms with Crippen LogP contribution in [0.2, 0.25) is 5.02 Å². The molecule has 0 radical (unpaired) electrons. The first kappa shape index (κ1) is 14.8. The highest BCUT2D eigenvalue weighted by Crippen LogP contribution is 2.19. The van der Waals surface area contributed by atoms with Crippen LogP contribution in [0.1, 0.15) is 15.2 Å². The van der Waals surface area contributed by atoms with Crippen LogP contribution in [0, 0.1) is 0 Å². The van der Waals surface area contributed by atoms with Gasteiger partial charge in [-0.15, -0.1) is 11.3 Å². The molecule has 20 heavy (non-hydrogen) atoms. The molecular weight excluding hydrogens is 296 g/mol. The number of thiophene rings is 1. The highest BCUT2D eigenvalue weighted by atomic mass is 35.5. The molecule has 0 aliphatic heterocycles. The van der Waals surface area contributed by atoms with Crippen LogP contribution in [0.5, 0.6) is 0 Å². The van der Waals surface area contributed by atoms with Crippen LogP contribution in [0.4, 0.5) is 5.82 Å². The third kappa shape index (κ3) is 3.47. The van der Waals surface area contributed by atoms with E-state index in [-0.39, 0.29) is 5.91 Å². The van der Waals surface area contributed by atoms with Gasteiger partial charge in [-0.2, -0.15) is 0 Å². The Balaban J connectivity index is 2.01. The Morgan fingerprint density at radius 1 is 1.60 bits per heavy atom. The monoisotopic (exact) mass is 310 g/mol. The number of carbonyl (C=O) groups excluding carboxylic acids is 1. The molecule has 0 fully saturated rings. The number of anilines is 1. The number of nitrogen functional groups attached to an aromatic ring is 1. The van der Waals surface area contributed by atoms with E-state index in [9.17, 15) is 4.79 Å². The quantitative estimate of drug-likeness (QED) is 0.657. The second-order valence-corrected chi connectivity index (χ2v) is 5.69. The van der Waals surface area contributed by atoms with Crippen molar-refractivity contribution in [3.63, 3.8) is 0 Å². The van der Waals surface area contributed by atoms with Gasteiger partial charge in [-0.05, 0) is 23.9 Å². The summed E-state index contributed by atoms with van der Waals surface area (Å²) in [7, 11) is 1.76. The molecule has 2 heterocycles. The zero-order chi connectivity index (χ0) is 14.5. The van der Waals surface area contributed by atoms with Gasteiger partial charge in [0.1, 0.15) is 0 Å². The molecule has 0 spiro atoms. The first-order chi connectivity index (χ1) is 9.61. The lowest BCUT2D eigenvalue weighted by Gasteiger charge is -2.17. The number of nitrogens with two attached hydrogens (primary N) is 1. The fraction of sp³-hybridized carbons (Fsp3) is 0.231. The minimum Gasteiger partial charge on any atom is -0.341 e. The number of hydrogen-bond donors (Lipinski definition) is 2. The predicted octanol–water partition coefficient (Wildman–Crippen LogP) is 2.40. The molecule has 7 heteroatoms. The highest BCUT2D eigenvalue weighted by Gasteiger charge is 2.14. The smallest absolute Gasteiger partial charge is 0.255 e. The van der Waals surface area contributed by atoms with Crippen molar-refractivity contribution < 1.29 is 4.79 Å². The summed E-state index contributed by atoms with van der Waals surface area (Å²) < 4.78 is 0. The van der Waals surface area contributed by atoms with Gasteiger partial charge in [-0.25, -0.2) is 10.8 Å². The van der Waals surface area contributed by atoms with Crippen LogP contribution < -0.4 is 11.3 Å². The Bertz CT molecular complexity index is 588. The van der Waals surface area contributed by atoms with Gasteiger partial charge in [0.15, 0.2) is 5.82 Å². The molecule has 5 nitrogen and oxygen atoms in total. The number of halogens is 1. The summed E-state index contributed by atoms with van der Waals surface area (Å²) in [5.41, 5.74) is 2.81. The van der Waals surface area contributed by atoms with E-state index in [0.717, 1.165) is 6.42 Å². The number of rotatable bonds is 5. The summed E-state index contributed by atoms with van der Waals surface area (Å²) in [4.78, 5) is 19.1. The second-order valence-electron chi connectivity index (χ2n) is 4.25. The maximum absolute atomic E-state index is 12.2. The normalized spacial score (nSPS) is 10.3. The van der Waals surface area contributed by atoms with Gasteiger partial charge in [0.25, 0.3) is 5.91 Å². The molecule has 1 amide bonds. The third-order valence-corrected chi connectivity index (χ3v) is 4.07. The van der Waals surface area contributed by atoms with E-state index in [1.807, 2.05) is 11.4 Å². The van der Waals surface area contributed by atoms with E-state index in [1.165, 1.54) is 11.1 Å². The van der Waals surface area contributed by atoms with Crippen LogP contribution in [-0.4, -0.2) is 29.4 Å². The average Bonchev–Trinajstić information content (AvgIpc) is 2.97. The van der Waals surface area contributed by atoms with E-state index in [4.69, 9.17) is 17.4 Å². The summed E-state index contributed by atoms with van der Waals surface area (Å²) in [6.07, 6.45) is 2.30. The van der Waals surface area contributed by atoms with E-state index in [1.54, 1.807) is 29.4 Å². The Morgan fingerprint density at radius 2 is 2.40 bits per heavy atom. The summed E-state index contributed by atoms with van der Waals surface area (Å²) in [5.74, 6) is 5.49. The Labute approximate surface area is 126 Å². The highest BCUT2D eigenvalue weighted by molar-refractivity contribution is 7.09. The topological polar surface area (TPSA) is 71.2 Å². The number of pyridine rings is 1. The van der Waals surface area contributed by atoms with Gasteiger partial charge in [0.2, 0.25) is 0 Å². The summed E-state index contributed by atoms with van der Waals surface area (Å²) >= 11 is 7.65. The Kier molecular flexibility index (Phi) is 4.94. The number of carbonyl (C=O) groups is 1. The number of amides is 1. The first-order valence-corrected chi connectivity index (χ1v) is 7.27. The largest absolute Gasteiger partial charge is 0.341 e. The van der Waals surface area contributed by atoms with Crippen molar-refractivity contribution in [3.8, 4) is 0 Å². The molecule has 0 saturated heterocycles. The molecule has 0 saturated carbocycles. The average molecular weight is 311 g/mol. The van der Waals surface area contributed by atoms with Crippen LogP contribution in [-0.2, 0) is 6.42 Å². The first-order valence-electron chi connectivity index (χ1n) is 6.02.